The molecule has 0 atom stereocenters. The van der Waals surface area contributed by atoms with E-state index in [4.69, 9.17) is 0 Å². The maximum Gasteiger partial charge on any atom is 0.205 e. The topological polar surface area (TPSA) is 70.7 Å². The summed E-state index contributed by atoms with van der Waals surface area (Å²) in [5, 5.41) is 4.85. The van der Waals surface area contributed by atoms with Crippen molar-refractivity contribution in [3.63, 3.8) is 0 Å². The monoisotopic (exact) mass is 208 g/mol. The number of nitrogens with one attached hydrogen (secondary N) is 2. The Morgan fingerprint density at radius 3 is 3.00 bits per heavy atom. The second kappa shape index (κ2) is 3.59. The number of aromatic nitrogens is 3. The third-order valence-corrected chi connectivity index (χ3v) is 2.24. The predicted octanol–water partition coefficient (Wildman–Crippen LogP) is 1.81. The maximum absolute atomic E-state index is 11.0. The highest BCUT2D eigenvalue weighted by atomic mass is 32.1. The van der Waals surface area contributed by atoms with E-state index < -0.39 is 0 Å². The zero-order chi connectivity index (χ0) is 9.97. The van der Waals surface area contributed by atoms with Crippen molar-refractivity contribution in [2.75, 3.05) is 5.32 Å². The minimum atomic E-state index is -0.0333. The van der Waals surface area contributed by atoms with E-state index >= 15 is 0 Å². The summed E-state index contributed by atoms with van der Waals surface area (Å²) in [6, 6.07) is 0. The van der Waals surface area contributed by atoms with Gasteiger partial charge in [0.15, 0.2) is 5.78 Å². The van der Waals surface area contributed by atoms with Crippen LogP contribution in [-0.4, -0.2) is 20.1 Å². The molecule has 2 N–H and O–H groups in total. The number of carbonyl (C=O) groups is 1. The van der Waals surface area contributed by atoms with Gasteiger partial charge < -0.3 is 10.3 Å². The zero-order valence-electron chi connectivity index (χ0n) is 7.44. The molecule has 0 spiro atoms. The van der Waals surface area contributed by atoms with Crippen molar-refractivity contribution in [2.45, 2.75) is 6.92 Å². The summed E-state index contributed by atoms with van der Waals surface area (Å²) in [7, 11) is 0. The van der Waals surface area contributed by atoms with Crippen molar-refractivity contribution in [3.8, 4) is 0 Å². The van der Waals surface area contributed by atoms with Crippen LogP contribution in [0.2, 0.25) is 0 Å². The highest BCUT2D eigenvalue weighted by Gasteiger charge is 2.04. The Morgan fingerprint density at radius 2 is 2.43 bits per heavy atom. The van der Waals surface area contributed by atoms with E-state index in [0.29, 0.717) is 11.6 Å². The Morgan fingerprint density at radius 1 is 1.57 bits per heavy atom. The molecule has 14 heavy (non-hydrogen) atoms. The first kappa shape index (κ1) is 8.89. The normalized spacial score (nSPS) is 10.1. The zero-order valence-corrected chi connectivity index (χ0v) is 8.26. The summed E-state index contributed by atoms with van der Waals surface area (Å²) in [5.74, 6) is 0.518. The lowest BCUT2D eigenvalue weighted by Crippen LogP contribution is -1.93. The number of nitrogens with zero attached hydrogens (tertiary/aromatic N) is 2. The van der Waals surface area contributed by atoms with Crippen molar-refractivity contribution >= 4 is 29.0 Å². The molecule has 2 heterocycles. The van der Waals surface area contributed by atoms with E-state index in [0.717, 1.165) is 5.69 Å². The standard InChI is InChI=1S/C8H8N4OS/c1-5(13)7-3-9-8(12-7)11-6-2-10-14-4-6/h2-4H,1H3,(H2,9,11,12). The number of H-pyrrole nitrogens is 1. The van der Waals surface area contributed by atoms with Crippen molar-refractivity contribution < 1.29 is 4.79 Å². The molecule has 5 nitrogen and oxygen atoms in total. The summed E-state index contributed by atoms with van der Waals surface area (Å²) in [6.45, 7) is 1.49. The van der Waals surface area contributed by atoms with Crippen LogP contribution in [0.5, 0.6) is 0 Å². The summed E-state index contributed by atoms with van der Waals surface area (Å²) < 4.78 is 3.93. The fraction of sp³-hybridized carbons (Fsp3) is 0.125. The van der Waals surface area contributed by atoms with Gasteiger partial charge in [0, 0.05) is 12.3 Å². The van der Waals surface area contributed by atoms with Gasteiger partial charge in [-0.15, -0.1) is 0 Å². The fourth-order valence-corrected chi connectivity index (χ4v) is 1.44. The predicted molar refractivity (Wildman–Crippen MR) is 54.0 cm³/mol. The second-order valence-corrected chi connectivity index (χ2v) is 3.40. The SMILES string of the molecule is CC(=O)c1cnc(Nc2cnsc2)[nH]1. The van der Waals surface area contributed by atoms with Gasteiger partial charge in [0.05, 0.1) is 18.1 Å². The van der Waals surface area contributed by atoms with Crippen LogP contribution in [0.1, 0.15) is 17.4 Å². The van der Waals surface area contributed by atoms with Gasteiger partial charge in [-0.1, -0.05) is 0 Å². The highest BCUT2D eigenvalue weighted by Crippen LogP contribution is 2.14. The largest absolute Gasteiger partial charge is 0.324 e. The van der Waals surface area contributed by atoms with Crippen LogP contribution in [0.4, 0.5) is 11.6 Å². The van der Waals surface area contributed by atoms with E-state index in [2.05, 4.69) is 19.7 Å². The van der Waals surface area contributed by atoms with E-state index in [1.807, 2.05) is 5.38 Å². The van der Waals surface area contributed by atoms with E-state index in [1.54, 1.807) is 6.20 Å². The number of hydrogen-bond acceptors (Lipinski definition) is 5. The lowest BCUT2D eigenvalue weighted by molar-refractivity contribution is 0.101. The van der Waals surface area contributed by atoms with Gasteiger partial charge in [-0.05, 0) is 11.5 Å². The minimum absolute atomic E-state index is 0.0333. The van der Waals surface area contributed by atoms with Gasteiger partial charge >= 0.3 is 0 Å². The summed E-state index contributed by atoms with van der Waals surface area (Å²) in [4.78, 5) is 17.8. The molecule has 0 aliphatic heterocycles. The Labute approximate surface area is 84.4 Å². The molecule has 2 aromatic heterocycles. The van der Waals surface area contributed by atoms with E-state index in [9.17, 15) is 4.79 Å². The van der Waals surface area contributed by atoms with Crippen LogP contribution in [0, 0.1) is 0 Å². The molecule has 2 aromatic rings. The molecule has 0 fully saturated rings. The molecule has 0 aliphatic rings. The van der Waals surface area contributed by atoms with Crippen LogP contribution < -0.4 is 5.32 Å². The van der Waals surface area contributed by atoms with Gasteiger partial charge in [-0.2, -0.15) is 4.37 Å². The van der Waals surface area contributed by atoms with Crippen LogP contribution in [-0.2, 0) is 0 Å². The van der Waals surface area contributed by atoms with E-state index in [-0.39, 0.29) is 5.78 Å². The molecule has 0 bridgehead atoms. The molecular weight excluding hydrogens is 200 g/mol. The summed E-state index contributed by atoms with van der Waals surface area (Å²) in [5.41, 5.74) is 1.36. The average molecular weight is 208 g/mol. The molecule has 0 saturated heterocycles. The van der Waals surface area contributed by atoms with Crippen molar-refractivity contribution in [2.24, 2.45) is 0 Å². The Bertz CT molecular complexity index is 434. The molecule has 0 radical (unpaired) electrons. The van der Waals surface area contributed by atoms with Crippen LogP contribution in [0.25, 0.3) is 0 Å². The van der Waals surface area contributed by atoms with Crippen molar-refractivity contribution in [1.29, 1.82) is 0 Å². The summed E-state index contributed by atoms with van der Waals surface area (Å²) in [6.07, 6.45) is 3.20. The first-order chi connectivity index (χ1) is 6.75. The van der Waals surface area contributed by atoms with Gasteiger partial charge in [0.2, 0.25) is 5.95 Å². The Balaban J connectivity index is 2.14. The maximum atomic E-state index is 11.0. The first-order valence-electron chi connectivity index (χ1n) is 3.98. The van der Waals surface area contributed by atoms with Crippen molar-refractivity contribution in [3.05, 3.63) is 23.5 Å². The molecule has 0 amide bonds. The summed E-state index contributed by atoms with van der Waals surface area (Å²) >= 11 is 1.35. The number of ketones is 1. The molecule has 0 aromatic carbocycles. The van der Waals surface area contributed by atoms with Gasteiger partial charge in [0.25, 0.3) is 0 Å². The number of Topliss-reactive ketones (excluding diaryl/α,β-unsaturated/α-hetero) is 1. The number of carbonyl (C=O) groups excluding carboxylic acids is 1. The number of rotatable bonds is 3. The lowest BCUT2D eigenvalue weighted by atomic mass is 10.3. The molecule has 2 rings (SSSR count). The van der Waals surface area contributed by atoms with E-state index in [1.165, 1.54) is 24.7 Å². The smallest absolute Gasteiger partial charge is 0.205 e. The number of anilines is 2. The Kier molecular flexibility index (Phi) is 2.28. The van der Waals surface area contributed by atoms with Crippen LogP contribution >= 0.6 is 11.5 Å². The highest BCUT2D eigenvalue weighted by molar-refractivity contribution is 7.04. The first-order valence-corrected chi connectivity index (χ1v) is 4.81. The molecule has 6 heteroatoms. The quantitative estimate of drug-likeness (QED) is 0.755. The molecule has 72 valence electrons. The van der Waals surface area contributed by atoms with Gasteiger partial charge in [-0.3, -0.25) is 4.79 Å². The van der Waals surface area contributed by atoms with Crippen molar-refractivity contribution in [1.82, 2.24) is 14.3 Å². The molecule has 0 unspecified atom stereocenters. The molecule has 0 saturated carbocycles. The number of imidazole rings is 1. The van der Waals surface area contributed by atoms with Gasteiger partial charge in [0.1, 0.15) is 5.69 Å². The average Bonchev–Trinajstić information content (AvgIpc) is 2.75. The van der Waals surface area contributed by atoms with Crippen LogP contribution in [0.3, 0.4) is 0 Å². The Hall–Kier alpha value is -1.69. The molecular formula is C8H8N4OS. The number of aromatic amines is 1. The van der Waals surface area contributed by atoms with Gasteiger partial charge in [-0.25, -0.2) is 4.98 Å². The number of hydrogen-bond donors (Lipinski definition) is 2. The third-order valence-electron chi connectivity index (χ3n) is 1.65. The second-order valence-electron chi connectivity index (χ2n) is 2.74. The molecule has 0 aliphatic carbocycles. The minimum Gasteiger partial charge on any atom is -0.324 e. The lowest BCUT2D eigenvalue weighted by Gasteiger charge is -1.96. The van der Waals surface area contributed by atoms with Crippen LogP contribution in [0.15, 0.2) is 17.8 Å². The fourth-order valence-electron chi connectivity index (χ4n) is 0.967. The third kappa shape index (κ3) is 1.80.